The molecule has 2 rings (SSSR count). The van der Waals surface area contributed by atoms with Gasteiger partial charge >= 0.3 is 0 Å². The number of aryl methyl sites for hydroxylation is 1. The van der Waals surface area contributed by atoms with Gasteiger partial charge in [-0.2, -0.15) is 0 Å². The standard InChI is InChI=1S/C7H11N3/c1-10-4-9-3-7(10)5-2-6(5)8/h3-6H,2,8H2,1H3/t5-,6+/m0/s1. The molecule has 3 heteroatoms. The SMILES string of the molecule is Cn1cncc1[C@H]1C[C@H]1N. The van der Waals surface area contributed by atoms with Crippen LogP contribution in [-0.2, 0) is 7.05 Å². The number of hydrogen-bond acceptors (Lipinski definition) is 2. The Morgan fingerprint density at radius 1 is 1.80 bits per heavy atom. The van der Waals surface area contributed by atoms with Crippen molar-refractivity contribution in [2.75, 3.05) is 0 Å². The number of imidazole rings is 1. The summed E-state index contributed by atoms with van der Waals surface area (Å²) < 4.78 is 2.04. The van der Waals surface area contributed by atoms with E-state index in [-0.39, 0.29) is 0 Å². The number of aromatic nitrogens is 2. The van der Waals surface area contributed by atoms with Crippen LogP contribution in [0.3, 0.4) is 0 Å². The van der Waals surface area contributed by atoms with E-state index in [2.05, 4.69) is 4.98 Å². The fraction of sp³-hybridized carbons (Fsp3) is 0.571. The van der Waals surface area contributed by atoms with Gasteiger partial charge in [0.15, 0.2) is 0 Å². The normalized spacial score (nSPS) is 30.6. The van der Waals surface area contributed by atoms with Gasteiger partial charge in [0.2, 0.25) is 0 Å². The van der Waals surface area contributed by atoms with Crippen molar-refractivity contribution in [3.63, 3.8) is 0 Å². The van der Waals surface area contributed by atoms with Gasteiger partial charge in [-0.3, -0.25) is 0 Å². The van der Waals surface area contributed by atoms with Crippen molar-refractivity contribution in [1.82, 2.24) is 9.55 Å². The molecule has 0 bridgehead atoms. The molecule has 0 aliphatic heterocycles. The second-order valence-corrected chi connectivity index (χ2v) is 2.94. The van der Waals surface area contributed by atoms with Gasteiger partial charge in [0.25, 0.3) is 0 Å². The first-order valence-electron chi connectivity index (χ1n) is 3.51. The Labute approximate surface area is 59.9 Å². The van der Waals surface area contributed by atoms with Crippen molar-refractivity contribution in [2.24, 2.45) is 12.8 Å². The molecule has 2 atom stereocenters. The average molecular weight is 137 g/mol. The molecule has 0 spiro atoms. The number of rotatable bonds is 1. The van der Waals surface area contributed by atoms with Crippen LogP contribution in [0.1, 0.15) is 18.0 Å². The summed E-state index contributed by atoms with van der Waals surface area (Å²) >= 11 is 0. The number of nitrogens with two attached hydrogens (primary N) is 1. The van der Waals surface area contributed by atoms with Crippen LogP contribution in [0.25, 0.3) is 0 Å². The molecule has 1 heterocycles. The monoisotopic (exact) mass is 137 g/mol. The smallest absolute Gasteiger partial charge is 0.0945 e. The van der Waals surface area contributed by atoms with Crippen LogP contribution in [0, 0.1) is 0 Å². The summed E-state index contributed by atoms with van der Waals surface area (Å²) in [6, 6.07) is 0.385. The predicted molar refractivity (Wildman–Crippen MR) is 38.5 cm³/mol. The molecule has 10 heavy (non-hydrogen) atoms. The lowest BCUT2D eigenvalue weighted by molar-refractivity contribution is 0.810. The summed E-state index contributed by atoms with van der Waals surface area (Å²) in [5, 5.41) is 0. The van der Waals surface area contributed by atoms with Crippen LogP contribution in [-0.4, -0.2) is 15.6 Å². The molecule has 0 amide bonds. The summed E-state index contributed by atoms with van der Waals surface area (Å²) in [5.41, 5.74) is 6.96. The lowest BCUT2D eigenvalue weighted by atomic mass is 10.3. The third kappa shape index (κ3) is 0.743. The van der Waals surface area contributed by atoms with E-state index in [0.29, 0.717) is 12.0 Å². The number of nitrogens with zero attached hydrogens (tertiary/aromatic N) is 2. The summed E-state index contributed by atoms with van der Waals surface area (Å²) in [4.78, 5) is 4.02. The molecule has 1 aromatic heterocycles. The molecule has 0 aromatic carbocycles. The van der Waals surface area contributed by atoms with Crippen molar-refractivity contribution in [1.29, 1.82) is 0 Å². The van der Waals surface area contributed by atoms with Crippen LogP contribution in [0.5, 0.6) is 0 Å². The molecule has 2 N–H and O–H groups in total. The van der Waals surface area contributed by atoms with Gasteiger partial charge in [0.05, 0.1) is 6.33 Å². The molecule has 54 valence electrons. The lowest BCUT2D eigenvalue weighted by Gasteiger charge is -1.96. The maximum Gasteiger partial charge on any atom is 0.0945 e. The zero-order valence-corrected chi connectivity index (χ0v) is 5.99. The minimum absolute atomic E-state index is 0.385. The van der Waals surface area contributed by atoms with E-state index in [0.717, 1.165) is 6.42 Å². The molecule has 0 unspecified atom stereocenters. The van der Waals surface area contributed by atoms with E-state index in [1.54, 1.807) is 0 Å². The third-order valence-corrected chi connectivity index (χ3v) is 2.07. The quantitative estimate of drug-likeness (QED) is 0.602. The van der Waals surface area contributed by atoms with E-state index in [4.69, 9.17) is 5.73 Å². The Bertz CT molecular complexity index is 241. The van der Waals surface area contributed by atoms with Crippen LogP contribution in [0.4, 0.5) is 0 Å². The summed E-state index contributed by atoms with van der Waals surface area (Å²) in [6.45, 7) is 0. The maximum atomic E-state index is 5.69. The lowest BCUT2D eigenvalue weighted by Crippen LogP contribution is -2.03. The Balaban J connectivity index is 2.26. The van der Waals surface area contributed by atoms with E-state index in [9.17, 15) is 0 Å². The molecule has 1 aromatic rings. The second kappa shape index (κ2) is 1.83. The zero-order chi connectivity index (χ0) is 7.14. The summed E-state index contributed by atoms with van der Waals surface area (Å²) in [7, 11) is 2.01. The van der Waals surface area contributed by atoms with Crippen LogP contribution < -0.4 is 5.73 Å². The van der Waals surface area contributed by atoms with Crippen molar-refractivity contribution in [3.05, 3.63) is 18.2 Å². The summed E-state index contributed by atoms with van der Waals surface area (Å²) in [6.07, 6.45) is 4.84. The molecule has 3 nitrogen and oxygen atoms in total. The predicted octanol–water partition coefficient (Wildman–Crippen LogP) is 0.235. The Morgan fingerprint density at radius 3 is 2.90 bits per heavy atom. The van der Waals surface area contributed by atoms with E-state index >= 15 is 0 Å². The average Bonchev–Trinajstić information content (AvgIpc) is 2.42. The first-order chi connectivity index (χ1) is 4.79. The Morgan fingerprint density at radius 2 is 2.50 bits per heavy atom. The molecule has 1 aliphatic carbocycles. The van der Waals surface area contributed by atoms with Gasteiger partial charge in [0.1, 0.15) is 0 Å². The molecule has 1 aliphatic rings. The van der Waals surface area contributed by atoms with Gasteiger partial charge in [-0.25, -0.2) is 4.98 Å². The van der Waals surface area contributed by atoms with Crippen molar-refractivity contribution >= 4 is 0 Å². The maximum absolute atomic E-state index is 5.69. The third-order valence-electron chi connectivity index (χ3n) is 2.07. The fourth-order valence-electron chi connectivity index (χ4n) is 1.28. The molecule has 0 radical (unpaired) electrons. The van der Waals surface area contributed by atoms with E-state index < -0.39 is 0 Å². The van der Waals surface area contributed by atoms with Crippen LogP contribution >= 0.6 is 0 Å². The largest absolute Gasteiger partial charge is 0.337 e. The Kier molecular flexibility index (Phi) is 1.08. The number of hydrogen-bond donors (Lipinski definition) is 1. The van der Waals surface area contributed by atoms with E-state index in [1.165, 1.54) is 5.69 Å². The minimum Gasteiger partial charge on any atom is -0.337 e. The molecular weight excluding hydrogens is 126 g/mol. The highest BCUT2D eigenvalue weighted by Gasteiger charge is 2.36. The van der Waals surface area contributed by atoms with E-state index in [1.807, 2.05) is 24.1 Å². The highest BCUT2D eigenvalue weighted by atomic mass is 15.0. The fourth-order valence-corrected chi connectivity index (χ4v) is 1.28. The minimum atomic E-state index is 0.385. The van der Waals surface area contributed by atoms with Gasteiger partial charge in [-0.05, 0) is 6.42 Å². The van der Waals surface area contributed by atoms with Crippen LogP contribution in [0.2, 0.25) is 0 Å². The Hall–Kier alpha value is -0.830. The van der Waals surface area contributed by atoms with Crippen molar-refractivity contribution in [2.45, 2.75) is 18.4 Å². The second-order valence-electron chi connectivity index (χ2n) is 2.94. The first kappa shape index (κ1) is 5.92. The van der Waals surface area contributed by atoms with Crippen molar-refractivity contribution in [3.8, 4) is 0 Å². The highest BCUT2D eigenvalue weighted by molar-refractivity contribution is 5.18. The zero-order valence-electron chi connectivity index (χ0n) is 5.99. The molecule has 1 saturated carbocycles. The molecular formula is C7H11N3. The van der Waals surface area contributed by atoms with Crippen molar-refractivity contribution < 1.29 is 0 Å². The first-order valence-corrected chi connectivity index (χ1v) is 3.51. The van der Waals surface area contributed by atoms with Gasteiger partial charge < -0.3 is 10.3 Å². The molecule has 1 fully saturated rings. The highest BCUT2D eigenvalue weighted by Crippen LogP contribution is 2.38. The van der Waals surface area contributed by atoms with Gasteiger partial charge in [0, 0.05) is 30.9 Å². The van der Waals surface area contributed by atoms with Gasteiger partial charge in [-0.15, -0.1) is 0 Å². The molecule has 0 saturated heterocycles. The topological polar surface area (TPSA) is 43.8 Å². The van der Waals surface area contributed by atoms with Crippen LogP contribution in [0.15, 0.2) is 12.5 Å². The summed E-state index contributed by atoms with van der Waals surface area (Å²) in [5.74, 6) is 0.576. The van der Waals surface area contributed by atoms with Gasteiger partial charge in [-0.1, -0.05) is 0 Å².